The molecule has 0 saturated heterocycles. The minimum atomic E-state index is -0.332. The van der Waals surface area contributed by atoms with Gasteiger partial charge in [-0.2, -0.15) is 0 Å². The number of rotatable bonds is 6. The number of para-hydroxylation sites is 2. The fraction of sp³-hybridized carbons (Fsp3) is 0. The number of benzene rings is 8. The van der Waals surface area contributed by atoms with Crippen LogP contribution in [0.5, 0.6) is 0 Å². The average molecular weight is 749 g/mol. The molecule has 6 nitrogen and oxygen atoms in total. The Morgan fingerprint density at radius 1 is 0.448 bits per heavy atom. The van der Waals surface area contributed by atoms with Crippen molar-refractivity contribution in [3.05, 3.63) is 223 Å². The second kappa shape index (κ2) is 14.6. The molecule has 6 heteroatoms. The van der Waals surface area contributed by atoms with Crippen LogP contribution in [0, 0.1) is 10.1 Å². The molecule has 0 saturated carbocycles. The van der Waals surface area contributed by atoms with Crippen LogP contribution in [-0.2, 0) is 0 Å². The molecule has 11 aromatic rings. The number of fused-ring (bicyclic) bond motifs is 6. The van der Waals surface area contributed by atoms with Crippen LogP contribution >= 0.6 is 0 Å². The van der Waals surface area contributed by atoms with E-state index in [2.05, 4.69) is 160 Å². The monoisotopic (exact) mass is 748 g/mol. The van der Waals surface area contributed by atoms with E-state index in [9.17, 15) is 10.1 Å². The summed E-state index contributed by atoms with van der Waals surface area (Å²) in [5, 5.41) is 16.3. The molecule has 1 N–H and O–H groups in total. The second-order valence-corrected chi connectivity index (χ2v) is 14.3. The van der Waals surface area contributed by atoms with Gasteiger partial charge in [0.25, 0.3) is 5.69 Å². The zero-order valence-electron chi connectivity index (χ0n) is 31.4. The van der Waals surface area contributed by atoms with Crippen LogP contribution in [0.2, 0.25) is 0 Å². The number of hydrogen-bond acceptors (Lipinski definition) is 2. The molecular formula is C52H36N4O2. The molecule has 58 heavy (non-hydrogen) atoms. The quantitative estimate of drug-likeness (QED) is 0.136. The SMILES string of the molecule is O=[N+]([O-])c1ccccc1-c1ccc2ccn(-c3ccc(-c4ccccc4)cc3)c2c1.c1ccc(-c2ccc(-n3ccc4ccc5c6ccccc6[nH]c5c43)cc2)cc1. The first-order valence-corrected chi connectivity index (χ1v) is 19.3. The maximum Gasteiger partial charge on any atom is 0.277 e. The van der Waals surface area contributed by atoms with Gasteiger partial charge in [0.1, 0.15) is 0 Å². The molecule has 3 heterocycles. The van der Waals surface area contributed by atoms with E-state index in [0.717, 1.165) is 27.7 Å². The van der Waals surface area contributed by atoms with Crippen molar-refractivity contribution in [3.8, 4) is 44.8 Å². The van der Waals surface area contributed by atoms with Gasteiger partial charge in [0, 0.05) is 51.5 Å². The first-order valence-electron chi connectivity index (χ1n) is 19.3. The third-order valence-corrected chi connectivity index (χ3v) is 10.9. The predicted octanol–water partition coefficient (Wildman–Crippen LogP) is 13.8. The van der Waals surface area contributed by atoms with E-state index in [1.165, 1.54) is 55.1 Å². The Morgan fingerprint density at radius 3 is 1.67 bits per heavy atom. The maximum absolute atomic E-state index is 11.4. The van der Waals surface area contributed by atoms with Gasteiger partial charge in [0.2, 0.25) is 0 Å². The number of nitrogens with zero attached hydrogens (tertiary/aromatic N) is 3. The van der Waals surface area contributed by atoms with Crippen LogP contribution in [0.25, 0.3) is 88.4 Å². The molecule has 0 fully saturated rings. The van der Waals surface area contributed by atoms with Crippen molar-refractivity contribution in [3.63, 3.8) is 0 Å². The fourth-order valence-corrected chi connectivity index (χ4v) is 8.05. The number of nitro benzene ring substituents is 1. The molecule has 0 atom stereocenters. The van der Waals surface area contributed by atoms with E-state index in [0.29, 0.717) is 5.56 Å². The van der Waals surface area contributed by atoms with E-state index >= 15 is 0 Å². The van der Waals surface area contributed by atoms with Gasteiger partial charge in [-0.3, -0.25) is 10.1 Å². The molecular weight excluding hydrogens is 713 g/mol. The van der Waals surface area contributed by atoms with Crippen LogP contribution in [0.3, 0.4) is 0 Å². The summed E-state index contributed by atoms with van der Waals surface area (Å²) < 4.78 is 4.39. The third kappa shape index (κ3) is 6.29. The zero-order chi connectivity index (χ0) is 39.0. The first-order chi connectivity index (χ1) is 28.6. The Balaban J connectivity index is 0.000000141. The lowest BCUT2D eigenvalue weighted by Crippen LogP contribution is -1.94. The summed E-state index contributed by atoms with van der Waals surface area (Å²) in [6, 6.07) is 68.0. The second-order valence-electron chi connectivity index (χ2n) is 14.3. The Hall–Kier alpha value is -7.96. The topological polar surface area (TPSA) is 68.8 Å². The molecule has 11 rings (SSSR count). The number of H-pyrrole nitrogens is 1. The summed E-state index contributed by atoms with van der Waals surface area (Å²) in [7, 11) is 0. The van der Waals surface area contributed by atoms with Crippen molar-refractivity contribution in [1.29, 1.82) is 0 Å². The van der Waals surface area contributed by atoms with Crippen LogP contribution in [-0.4, -0.2) is 19.0 Å². The number of nitro groups is 1. The van der Waals surface area contributed by atoms with Crippen LogP contribution in [0.1, 0.15) is 0 Å². The van der Waals surface area contributed by atoms with E-state index in [1.54, 1.807) is 18.2 Å². The molecule has 0 bridgehead atoms. The van der Waals surface area contributed by atoms with Crippen LogP contribution < -0.4 is 0 Å². The van der Waals surface area contributed by atoms with Crippen LogP contribution in [0.15, 0.2) is 213 Å². The minimum Gasteiger partial charge on any atom is -0.353 e. The van der Waals surface area contributed by atoms with Crippen molar-refractivity contribution < 1.29 is 4.92 Å². The predicted molar refractivity (Wildman–Crippen MR) is 239 cm³/mol. The number of aromatic nitrogens is 3. The van der Waals surface area contributed by atoms with Crippen molar-refractivity contribution >= 4 is 49.3 Å². The summed E-state index contributed by atoms with van der Waals surface area (Å²) in [4.78, 5) is 14.7. The normalized spacial score (nSPS) is 11.2. The summed E-state index contributed by atoms with van der Waals surface area (Å²) in [5.41, 5.74) is 13.2. The highest BCUT2D eigenvalue weighted by Crippen LogP contribution is 2.35. The molecule has 276 valence electrons. The lowest BCUT2D eigenvalue weighted by Gasteiger charge is -2.09. The molecule has 3 aromatic heterocycles. The zero-order valence-corrected chi connectivity index (χ0v) is 31.4. The molecule has 0 amide bonds. The van der Waals surface area contributed by atoms with Crippen molar-refractivity contribution in [2.24, 2.45) is 0 Å². The van der Waals surface area contributed by atoms with Gasteiger partial charge < -0.3 is 14.1 Å². The number of nitrogens with one attached hydrogen (secondary N) is 1. The number of aromatic amines is 1. The largest absolute Gasteiger partial charge is 0.353 e. The molecule has 0 aliphatic heterocycles. The summed E-state index contributed by atoms with van der Waals surface area (Å²) in [5.74, 6) is 0. The summed E-state index contributed by atoms with van der Waals surface area (Å²) in [6.45, 7) is 0. The van der Waals surface area contributed by atoms with Gasteiger partial charge in [-0.15, -0.1) is 0 Å². The van der Waals surface area contributed by atoms with Gasteiger partial charge >= 0.3 is 0 Å². The Labute approximate surface area is 334 Å². The molecule has 0 aliphatic rings. The van der Waals surface area contributed by atoms with Crippen molar-refractivity contribution in [2.75, 3.05) is 0 Å². The van der Waals surface area contributed by atoms with Crippen molar-refractivity contribution in [2.45, 2.75) is 0 Å². The number of hydrogen-bond donors (Lipinski definition) is 1. The van der Waals surface area contributed by atoms with E-state index < -0.39 is 0 Å². The highest BCUT2D eigenvalue weighted by atomic mass is 16.6. The molecule has 0 spiro atoms. The van der Waals surface area contributed by atoms with E-state index in [4.69, 9.17) is 0 Å². The maximum atomic E-state index is 11.4. The van der Waals surface area contributed by atoms with Gasteiger partial charge in [-0.1, -0.05) is 140 Å². The average Bonchev–Trinajstić information content (AvgIpc) is 4.03. The highest BCUT2D eigenvalue weighted by molar-refractivity contribution is 6.16. The van der Waals surface area contributed by atoms with E-state index in [-0.39, 0.29) is 10.6 Å². The fourth-order valence-electron chi connectivity index (χ4n) is 8.05. The lowest BCUT2D eigenvalue weighted by atomic mass is 10.0. The molecule has 0 radical (unpaired) electrons. The van der Waals surface area contributed by atoms with Crippen molar-refractivity contribution in [1.82, 2.24) is 14.1 Å². The third-order valence-electron chi connectivity index (χ3n) is 10.9. The summed E-state index contributed by atoms with van der Waals surface area (Å²) >= 11 is 0. The first kappa shape index (κ1) is 34.5. The van der Waals surface area contributed by atoms with Gasteiger partial charge in [0.15, 0.2) is 0 Å². The smallest absolute Gasteiger partial charge is 0.277 e. The van der Waals surface area contributed by atoms with Gasteiger partial charge in [-0.05, 0) is 87.8 Å². The molecule has 0 aliphatic carbocycles. The van der Waals surface area contributed by atoms with E-state index in [1.807, 2.05) is 48.7 Å². The van der Waals surface area contributed by atoms with Gasteiger partial charge in [0.05, 0.1) is 27.0 Å². The molecule has 0 unspecified atom stereocenters. The van der Waals surface area contributed by atoms with Crippen LogP contribution in [0.4, 0.5) is 5.69 Å². The minimum absolute atomic E-state index is 0.113. The highest BCUT2D eigenvalue weighted by Gasteiger charge is 2.16. The van der Waals surface area contributed by atoms with Gasteiger partial charge in [-0.25, -0.2) is 0 Å². The Kier molecular flexibility index (Phi) is 8.69. The molecule has 8 aromatic carbocycles. The lowest BCUT2D eigenvalue weighted by molar-refractivity contribution is -0.384. The standard InChI is InChI=1S/C26H18N2O2.C26H18N2/c29-28(30)25-9-5-4-8-24(25)22-11-10-21-16-17-27(26(21)18-22)23-14-12-20(13-15-23)19-6-2-1-3-7-19;1-2-6-18(7-3-1)19-10-13-21(14-11-19)28-17-16-20-12-15-23-22-8-4-5-9-24(22)27-25(23)26(20)28/h1-18H;1-17,27H. The summed E-state index contributed by atoms with van der Waals surface area (Å²) in [6.07, 6.45) is 4.19. The Bertz CT molecular complexity index is 3230. The Morgan fingerprint density at radius 2 is 0.983 bits per heavy atom.